The molecule has 2 unspecified atom stereocenters. The highest BCUT2D eigenvalue weighted by Crippen LogP contribution is 2.66. The smallest absolute Gasteiger partial charge is 0.313 e. The summed E-state index contributed by atoms with van der Waals surface area (Å²) in [6, 6.07) is 4.16. The van der Waals surface area contributed by atoms with Crippen molar-refractivity contribution in [3.05, 3.63) is 29.6 Å². The van der Waals surface area contributed by atoms with Crippen LogP contribution in [0.25, 0.3) is 0 Å². The van der Waals surface area contributed by atoms with Crippen LogP contribution in [0.5, 0.6) is 0 Å². The van der Waals surface area contributed by atoms with Crippen molar-refractivity contribution in [3.63, 3.8) is 0 Å². The molecule has 2 aliphatic heterocycles. The molecule has 0 radical (unpaired) electrons. The van der Waals surface area contributed by atoms with E-state index < -0.39 is 16.4 Å². The summed E-state index contributed by atoms with van der Waals surface area (Å²) in [5, 5.41) is 0. The number of carbonyl (C=O) groups excluding carboxylic acids is 2. The second-order valence-electron chi connectivity index (χ2n) is 9.24. The van der Waals surface area contributed by atoms with Gasteiger partial charge in [0.1, 0.15) is 0 Å². The van der Waals surface area contributed by atoms with Gasteiger partial charge < -0.3 is 9.64 Å². The molecule has 1 saturated carbocycles. The van der Waals surface area contributed by atoms with E-state index in [1.807, 2.05) is 37.9 Å². The third-order valence-electron chi connectivity index (χ3n) is 8.21. The van der Waals surface area contributed by atoms with Crippen molar-refractivity contribution in [2.45, 2.75) is 64.5 Å². The first-order chi connectivity index (χ1) is 12.3. The SMILES string of the molecule is CC12CCC(C(=O)N3CC[C@@H]4CCc5ncccc5[C@@H]43)(OC1=O)C2(C)C. The molecule has 1 aromatic rings. The van der Waals surface area contributed by atoms with Gasteiger partial charge in [-0.25, -0.2) is 0 Å². The Labute approximate surface area is 154 Å². The molecule has 5 nitrogen and oxygen atoms in total. The van der Waals surface area contributed by atoms with Crippen LogP contribution in [-0.4, -0.2) is 33.9 Å². The lowest BCUT2D eigenvalue weighted by molar-refractivity contribution is -0.174. The molecule has 1 aromatic heterocycles. The second-order valence-corrected chi connectivity index (χ2v) is 9.24. The van der Waals surface area contributed by atoms with Gasteiger partial charge in [-0.05, 0) is 56.6 Å². The highest BCUT2D eigenvalue weighted by Gasteiger charge is 2.76. The molecule has 2 aliphatic carbocycles. The molecule has 4 atom stereocenters. The van der Waals surface area contributed by atoms with Gasteiger partial charge in [-0.1, -0.05) is 19.9 Å². The molecule has 3 fully saturated rings. The van der Waals surface area contributed by atoms with E-state index in [9.17, 15) is 9.59 Å². The van der Waals surface area contributed by atoms with Gasteiger partial charge in [0.25, 0.3) is 5.91 Å². The number of pyridine rings is 1. The van der Waals surface area contributed by atoms with Crippen molar-refractivity contribution in [3.8, 4) is 0 Å². The van der Waals surface area contributed by atoms with Gasteiger partial charge in [-0.15, -0.1) is 0 Å². The average Bonchev–Trinajstić information content (AvgIpc) is 3.19. The van der Waals surface area contributed by atoms with Crippen LogP contribution in [-0.2, 0) is 20.7 Å². The maximum atomic E-state index is 13.8. The van der Waals surface area contributed by atoms with E-state index in [2.05, 4.69) is 11.1 Å². The summed E-state index contributed by atoms with van der Waals surface area (Å²) >= 11 is 0. The molecule has 0 N–H and O–H groups in total. The summed E-state index contributed by atoms with van der Waals surface area (Å²) in [5.74, 6) is 0.296. The Morgan fingerprint density at radius 3 is 2.77 bits per heavy atom. The number of rotatable bonds is 1. The van der Waals surface area contributed by atoms with Gasteiger partial charge >= 0.3 is 5.97 Å². The van der Waals surface area contributed by atoms with Gasteiger partial charge in [-0.3, -0.25) is 14.6 Å². The Kier molecular flexibility index (Phi) is 3.05. The number of likely N-dealkylation sites (tertiary alicyclic amines) is 1. The lowest BCUT2D eigenvalue weighted by Gasteiger charge is -2.41. The number of esters is 1. The molecule has 2 bridgehead atoms. The Balaban J connectivity index is 1.56. The first kappa shape index (κ1) is 16.3. The molecule has 1 amide bonds. The highest BCUT2D eigenvalue weighted by molar-refractivity contribution is 5.96. The van der Waals surface area contributed by atoms with Gasteiger partial charge in [0, 0.05) is 23.9 Å². The third kappa shape index (κ3) is 1.65. The van der Waals surface area contributed by atoms with E-state index >= 15 is 0 Å². The molecular formula is C21H26N2O3. The van der Waals surface area contributed by atoms with Crippen molar-refractivity contribution in [1.29, 1.82) is 0 Å². The topological polar surface area (TPSA) is 59.5 Å². The largest absolute Gasteiger partial charge is 0.448 e. The summed E-state index contributed by atoms with van der Waals surface area (Å²) in [7, 11) is 0. The minimum atomic E-state index is -1.01. The number of nitrogens with zero attached hydrogens (tertiary/aromatic N) is 2. The average molecular weight is 354 g/mol. The summed E-state index contributed by atoms with van der Waals surface area (Å²) in [6.45, 7) is 6.78. The molecule has 4 aliphatic rings. The Morgan fingerprint density at radius 1 is 1.27 bits per heavy atom. The standard InChI is InChI=1S/C21H26N2O3/c1-19(2)20(3)9-10-21(19,26-18(20)25)17(24)23-12-8-13-6-7-15-14(16(13)23)5-4-11-22-15/h4-5,11,13,16H,6-10,12H2,1-3H3/t13-,16+,20?,21?/m0/s1. The molecule has 5 rings (SSSR count). The van der Waals surface area contributed by atoms with Crippen molar-refractivity contribution < 1.29 is 14.3 Å². The minimum Gasteiger partial charge on any atom is -0.448 e. The predicted octanol–water partition coefficient (Wildman–Crippen LogP) is 3.04. The molecule has 26 heavy (non-hydrogen) atoms. The zero-order valence-electron chi connectivity index (χ0n) is 15.7. The van der Waals surface area contributed by atoms with Crippen LogP contribution in [0.15, 0.2) is 18.3 Å². The van der Waals surface area contributed by atoms with Crippen LogP contribution in [0.4, 0.5) is 0 Å². The highest BCUT2D eigenvalue weighted by atomic mass is 16.6. The Hall–Kier alpha value is -1.91. The summed E-state index contributed by atoms with van der Waals surface area (Å²) in [5.41, 5.74) is 0.249. The molecule has 3 heterocycles. The Morgan fingerprint density at radius 2 is 2.08 bits per heavy atom. The monoisotopic (exact) mass is 354 g/mol. The van der Waals surface area contributed by atoms with Gasteiger partial charge in [-0.2, -0.15) is 0 Å². The van der Waals surface area contributed by atoms with Crippen LogP contribution in [0.3, 0.4) is 0 Å². The van der Waals surface area contributed by atoms with Crippen LogP contribution in [0, 0.1) is 16.7 Å². The normalized spacial score (nSPS) is 39.5. The minimum absolute atomic E-state index is 0.0151. The summed E-state index contributed by atoms with van der Waals surface area (Å²) in [6.07, 6.45) is 6.28. The van der Waals surface area contributed by atoms with Crippen LogP contribution >= 0.6 is 0 Å². The number of hydrogen-bond acceptors (Lipinski definition) is 4. The van der Waals surface area contributed by atoms with E-state index in [0.29, 0.717) is 12.3 Å². The first-order valence-corrected chi connectivity index (χ1v) is 9.80. The summed E-state index contributed by atoms with van der Waals surface area (Å²) in [4.78, 5) is 33.0. The molecule has 0 aromatic carbocycles. The second kappa shape index (κ2) is 4.87. The maximum absolute atomic E-state index is 13.8. The van der Waals surface area contributed by atoms with Crippen LogP contribution < -0.4 is 0 Å². The fourth-order valence-corrected chi connectivity index (χ4v) is 6.01. The van der Waals surface area contributed by atoms with E-state index in [4.69, 9.17) is 4.74 Å². The lowest BCUT2D eigenvalue weighted by Crippen LogP contribution is -2.55. The van der Waals surface area contributed by atoms with Crippen LogP contribution in [0.1, 0.15) is 63.8 Å². The fraction of sp³-hybridized carbons (Fsp3) is 0.667. The number of ether oxygens (including phenoxy) is 1. The van der Waals surface area contributed by atoms with Crippen molar-refractivity contribution in [2.24, 2.45) is 16.7 Å². The van der Waals surface area contributed by atoms with E-state index in [0.717, 1.165) is 37.9 Å². The summed E-state index contributed by atoms with van der Waals surface area (Å²) < 4.78 is 5.86. The quantitative estimate of drug-likeness (QED) is 0.728. The number of carbonyl (C=O) groups is 2. The maximum Gasteiger partial charge on any atom is 0.313 e. The molecule has 5 heteroatoms. The van der Waals surface area contributed by atoms with Crippen molar-refractivity contribution in [2.75, 3.05) is 6.54 Å². The number of amides is 1. The van der Waals surface area contributed by atoms with Gasteiger partial charge in [0.15, 0.2) is 5.60 Å². The zero-order valence-corrected chi connectivity index (χ0v) is 15.7. The molecule has 2 saturated heterocycles. The number of aryl methyl sites for hydroxylation is 1. The van der Waals surface area contributed by atoms with Crippen molar-refractivity contribution in [1.82, 2.24) is 9.88 Å². The zero-order chi connectivity index (χ0) is 18.3. The first-order valence-electron chi connectivity index (χ1n) is 9.80. The third-order valence-corrected chi connectivity index (χ3v) is 8.21. The van der Waals surface area contributed by atoms with Gasteiger partial charge in [0.2, 0.25) is 0 Å². The molecular weight excluding hydrogens is 328 g/mol. The van der Waals surface area contributed by atoms with Gasteiger partial charge in [0.05, 0.1) is 11.5 Å². The van der Waals surface area contributed by atoms with E-state index in [1.54, 1.807) is 0 Å². The van der Waals surface area contributed by atoms with E-state index in [1.165, 1.54) is 5.56 Å². The van der Waals surface area contributed by atoms with Crippen molar-refractivity contribution >= 4 is 11.9 Å². The number of hydrogen-bond donors (Lipinski definition) is 0. The lowest BCUT2D eigenvalue weighted by atomic mass is 9.66. The van der Waals surface area contributed by atoms with Crippen LogP contribution in [0.2, 0.25) is 0 Å². The predicted molar refractivity (Wildman–Crippen MR) is 95.1 cm³/mol. The molecule has 0 spiro atoms. The number of aromatic nitrogens is 1. The Bertz CT molecular complexity index is 819. The van der Waals surface area contributed by atoms with E-state index in [-0.39, 0.29) is 17.9 Å². The number of fused-ring (bicyclic) bond motifs is 5. The molecule has 138 valence electrons. The fourth-order valence-electron chi connectivity index (χ4n) is 6.01.